The second-order valence-electron chi connectivity index (χ2n) is 5.41. The lowest BCUT2D eigenvalue weighted by Gasteiger charge is -2.09. The Morgan fingerprint density at radius 2 is 1.91 bits per heavy atom. The Balaban J connectivity index is 0.00000192. The van der Waals surface area contributed by atoms with Crippen molar-refractivity contribution in [2.75, 3.05) is 12.4 Å². The summed E-state index contributed by atoms with van der Waals surface area (Å²) in [6.07, 6.45) is 0. The number of nitrogens with zero attached hydrogens (tertiary/aromatic N) is 2. The lowest BCUT2D eigenvalue weighted by molar-refractivity contribution is 0.341. The first-order valence-corrected chi connectivity index (χ1v) is 8.38. The molecule has 0 radical (unpaired) electrons. The summed E-state index contributed by atoms with van der Waals surface area (Å²) in [5.41, 5.74) is 4.66. The van der Waals surface area contributed by atoms with Gasteiger partial charge >= 0.3 is 0 Å². The number of benzene rings is 2. The van der Waals surface area contributed by atoms with Crippen molar-refractivity contribution in [1.82, 2.24) is 9.55 Å². The minimum absolute atomic E-state index is 0. The fourth-order valence-corrected chi connectivity index (χ4v) is 3.30. The first-order chi connectivity index (χ1) is 10.6. The number of rotatable bonds is 5. The number of para-hydroxylation sites is 2. The molecule has 3 nitrogen and oxygen atoms in total. The van der Waals surface area contributed by atoms with Gasteiger partial charge in [-0.3, -0.25) is 0 Å². The molecule has 0 saturated heterocycles. The fraction of sp³-hybridized carbons (Fsp3) is 0.278. The highest BCUT2D eigenvalue weighted by Gasteiger charge is 2.07. The molecular weight excluding hydrogens is 328 g/mol. The van der Waals surface area contributed by atoms with Crippen LogP contribution in [-0.4, -0.2) is 21.9 Å². The molecule has 0 amide bonds. The van der Waals surface area contributed by atoms with E-state index in [4.69, 9.17) is 4.74 Å². The van der Waals surface area contributed by atoms with Crippen LogP contribution < -0.4 is 4.74 Å². The van der Waals surface area contributed by atoms with E-state index in [0.717, 1.165) is 22.2 Å². The van der Waals surface area contributed by atoms with Gasteiger partial charge in [-0.15, -0.1) is 12.4 Å². The van der Waals surface area contributed by atoms with Crippen molar-refractivity contribution < 1.29 is 4.74 Å². The van der Waals surface area contributed by atoms with Crippen molar-refractivity contribution in [3.05, 3.63) is 53.6 Å². The standard InChI is InChI=1S/C18H20N2OS.ClH/c1-13-8-9-17(14(2)12-13)21-10-11-22-18-19-15-6-4-5-7-16(15)20(18)3;/h4-9,12H,10-11H2,1-3H3;1H. The van der Waals surface area contributed by atoms with Crippen LogP contribution in [0.2, 0.25) is 0 Å². The molecule has 0 atom stereocenters. The van der Waals surface area contributed by atoms with E-state index in [2.05, 4.69) is 48.6 Å². The number of halogens is 1. The van der Waals surface area contributed by atoms with Crippen LogP contribution in [0.1, 0.15) is 11.1 Å². The molecule has 0 aliphatic heterocycles. The number of fused-ring (bicyclic) bond motifs is 1. The molecule has 0 aliphatic rings. The van der Waals surface area contributed by atoms with Crippen LogP contribution in [-0.2, 0) is 7.05 Å². The topological polar surface area (TPSA) is 27.1 Å². The van der Waals surface area contributed by atoms with E-state index in [0.29, 0.717) is 6.61 Å². The van der Waals surface area contributed by atoms with Gasteiger partial charge < -0.3 is 9.30 Å². The fourth-order valence-electron chi connectivity index (χ4n) is 2.50. The predicted octanol–water partition coefficient (Wildman–Crippen LogP) is 4.78. The molecule has 23 heavy (non-hydrogen) atoms. The van der Waals surface area contributed by atoms with Crippen molar-refractivity contribution in [2.45, 2.75) is 19.0 Å². The molecule has 2 aromatic carbocycles. The Hall–Kier alpha value is -1.65. The average molecular weight is 349 g/mol. The zero-order valence-electron chi connectivity index (χ0n) is 13.6. The molecule has 0 saturated carbocycles. The highest BCUT2D eigenvalue weighted by Crippen LogP contribution is 2.23. The van der Waals surface area contributed by atoms with Crippen molar-refractivity contribution in [2.24, 2.45) is 7.05 Å². The third-order valence-electron chi connectivity index (χ3n) is 3.65. The maximum atomic E-state index is 5.87. The molecular formula is C18H21ClN2OS. The largest absolute Gasteiger partial charge is 0.492 e. The molecule has 0 unspecified atom stereocenters. The van der Waals surface area contributed by atoms with Gasteiger partial charge in [0.1, 0.15) is 5.75 Å². The summed E-state index contributed by atoms with van der Waals surface area (Å²) in [4.78, 5) is 4.66. The van der Waals surface area contributed by atoms with Crippen LogP contribution in [0, 0.1) is 13.8 Å². The van der Waals surface area contributed by atoms with Crippen molar-refractivity contribution in [3.63, 3.8) is 0 Å². The van der Waals surface area contributed by atoms with Crippen molar-refractivity contribution >= 4 is 35.2 Å². The van der Waals surface area contributed by atoms with Crippen molar-refractivity contribution in [1.29, 1.82) is 0 Å². The summed E-state index contributed by atoms with van der Waals surface area (Å²) in [5.74, 6) is 1.85. The summed E-state index contributed by atoms with van der Waals surface area (Å²) in [7, 11) is 2.06. The summed E-state index contributed by atoms with van der Waals surface area (Å²) in [6, 6.07) is 14.5. The van der Waals surface area contributed by atoms with Gasteiger partial charge in [-0.2, -0.15) is 0 Å². The maximum absolute atomic E-state index is 5.87. The summed E-state index contributed by atoms with van der Waals surface area (Å²) < 4.78 is 8.01. The lowest BCUT2D eigenvalue weighted by atomic mass is 10.1. The first-order valence-electron chi connectivity index (χ1n) is 7.39. The van der Waals surface area contributed by atoms with Crippen molar-refractivity contribution in [3.8, 4) is 5.75 Å². The molecule has 1 aromatic heterocycles. The minimum atomic E-state index is 0. The molecule has 122 valence electrons. The van der Waals surface area contributed by atoms with Gasteiger partial charge in [0.2, 0.25) is 0 Å². The molecule has 0 spiro atoms. The smallest absolute Gasteiger partial charge is 0.168 e. The monoisotopic (exact) mass is 348 g/mol. The van der Waals surface area contributed by atoms with Crippen LogP contribution >= 0.6 is 24.2 Å². The van der Waals surface area contributed by atoms with Crippen LogP contribution in [0.4, 0.5) is 0 Å². The van der Waals surface area contributed by atoms with Crippen LogP contribution in [0.3, 0.4) is 0 Å². The number of ether oxygens (including phenoxy) is 1. The van der Waals surface area contributed by atoms with E-state index >= 15 is 0 Å². The Bertz CT molecular complexity index is 801. The maximum Gasteiger partial charge on any atom is 0.168 e. The summed E-state index contributed by atoms with van der Waals surface area (Å²) in [6.45, 7) is 4.86. The SMILES string of the molecule is Cc1ccc(OCCSc2nc3ccccc3n2C)c(C)c1.Cl. The van der Waals surface area contributed by atoms with Crippen LogP contribution in [0.25, 0.3) is 11.0 Å². The average Bonchev–Trinajstić information content (AvgIpc) is 2.82. The Labute approximate surface area is 147 Å². The number of aromatic nitrogens is 2. The molecule has 5 heteroatoms. The number of imidazole rings is 1. The third-order valence-corrected chi connectivity index (χ3v) is 4.64. The Morgan fingerprint density at radius 1 is 1.13 bits per heavy atom. The van der Waals surface area contributed by atoms with Gasteiger partial charge in [0.15, 0.2) is 5.16 Å². The molecule has 0 N–H and O–H groups in total. The number of hydrogen-bond donors (Lipinski definition) is 0. The zero-order chi connectivity index (χ0) is 15.5. The predicted molar refractivity (Wildman–Crippen MR) is 100 cm³/mol. The molecule has 3 aromatic rings. The molecule has 0 aliphatic carbocycles. The lowest BCUT2D eigenvalue weighted by Crippen LogP contribution is -2.02. The number of hydrogen-bond acceptors (Lipinski definition) is 3. The normalized spacial score (nSPS) is 10.6. The van der Waals surface area contributed by atoms with E-state index in [-0.39, 0.29) is 12.4 Å². The number of thioether (sulfide) groups is 1. The van der Waals surface area contributed by atoms with Gasteiger partial charge in [0.25, 0.3) is 0 Å². The Kier molecular flexibility index (Phi) is 5.97. The van der Waals surface area contributed by atoms with E-state index in [1.807, 2.05) is 24.3 Å². The molecule has 3 rings (SSSR count). The number of aryl methyl sites for hydroxylation is 3. The van der Waals surface area contributed by atoms with E-state index in [1.165, 1.54) is 16.6 Å². The highest BCUT2D eigenvalue weighted by atomic mass is 35.5. The molecule has 1 heterocycles. The molecule has 0 fully saturated rings. The summed E-state index contributed by atoms with van der Waals surface area (Å²) in [5, 5.41) is 1.03. The van der Waals surface area contributed by atoms with Gasteiger partial charge in [0.05, 0.1) is 17.6 Å². The van der Waals surface area contributed by atoms with Gasteiger partial charge in [-0.1, -0.05) is 41.6 Å². The van der Waals surface area contributed by atoms with E-state index in [1.54, 1.807) is 11.8 Å². The van der Waals surface area contributed by atoms with Gasteiger partial charge in [-0.25, -0.2) is 4.98 Å². The molecule has 0 bridgehead atoms. The van der Waals surface area contributed by atoms with E-state index in [9.17, 15) is 0 Å². The zero-order valence-corrected chi connectivity index (χ0v) is 15.2. The van der Waals surface area contributed by atoms with Crippen LogP contribution in [0.5, 0.6) is 5.75 Å². The third kappa shape index (κ3) is 4.01. The minimum Gasteiger partial charge on any atom is -0.492 e. The van der Waals surface area contributed by atoms with Gasteiger partial charge in [-0.05, 0) is 37.6 Å². The summed E-state index contributed by atoms with van der Waals surface area (Å²) >= 11 is 1.73. The van der Waals surface area contributed by atoms with Gasteiger partial charge in [0, 0.05) is 12.8 Å². The van der Waals surface area contributed by atoms with Crippen LogP contribution in [0.15, 0.2) is 47.6 Å². The second-order valence-corrected chi connectivity index (χ2v) is 6.47. The quantitative estimate of drug-likeness (QED) is 0.490. The highest BCUT2D eigenvalue weighted by molar-refractivity contribution is 7.99. The second kappa shape index (κ2) is 7.75. The first kappa shape index (κ1) is 17.7. The Morgan fingerprint density at radius 3 is 2.65 bits per heavy atom. The van der Waals surface area contributed by atoms with E-state index < -0.39 is 0 Å².